The Morgan fingerprint density at radius 3 is 2.57 bits per heavy atom. The van der Waals surface area contributed by atoms with Crippen LogP contribution in [0.3, 0.4) is 0 Å². The molecule has 2 unspecified atom stereocenters. The summed E-state index contributed by atoms with van der Waals surface area (Å²) in [5.74, 6) is 1.00. The van der Waals surface area contributed by atoms with Crippen molar-refractivity contribution < 1.29 is 9.59 Å². The van der Waals surface area contributed by atoms with Gasteiger partial charge in [0.15, 0.2) is 0 Å². The molecule has 3 rings (SSSR count). The lowest BCUT2D eigenvalue weighted by Gasteiger charge is -2.62. The van der Waals surface area contributed by atoms with Gasteiger partial charge in [0.1, 0.15) is 6.29 Å². The molecular formula is C11H17NO2. The van der Waals surface area contributed by atoms with Gasteiger partial charge in [0.2, 0.25) is 5.91 Å². The molecule has 3 heteroatoms. The Morgan fingerprint density at radius 1 is 1.50 bits per heavy atom. The van der Waals surface area contributed by atoms with Gasteiger partial charge < -0.3 is 9.69 Å². The molecule has 0 N–H and O–H groups in total. The molecule has 3 atom stereocenters. The lowest BCUT2D eigenvalue weighted by Crippen LogP contribution is -2.66. The monoisotopic (exact) mass is 195 g/mol. The number of piperidine rings is 2. The molecule has 0 aromatic heterocycles. The standard InChI is InChI=1S/C11H17NO2/c1-7(14)12-5-8-4-9(10(12)6-13)11(8,2)3/h6,8-10H,4-5H2,1-3H3/t8?,9?,10-/m1/s1. The third-order valence-corrected chi connectivity index (χ3v) is 4.28. The third kappa shape index (κ3) is 1.04. The molecule has 3 fully saturated rings. The van der Waals surface area contributed by atoms with Gasteiger partial charge in [0.05, 0.1) is 6.04 Å². The molecule has 3 aliphatic rings. The fourth-order valence-electron chi connectivity index (χ4n) is 3.03. The molecule has 2 saturated heterocycles. The molecule has 2 bridgehead atoms. The van der Waals surface area contributed by atoms with Gasteiger partial charge in [-0.05, 0) is 23.7 Å². The van der Waals surface area contributed by atoms with Gasteiger partial charge in [-0.25, -0.2) is 0 Å². The zero-order valence-electron chi connectivity index (χ0n) is 8.99. The Balaban J connectivity index is 2.23. The minimum Gasteiger partial charge on any atom is -0.333 e. The van der Waals surface area contributed by atoms with E-state index in [1.807, 2.05) is 0 Å². The number of carbonyl (C=O) groups excluding carboxylic acids is 2. The minimum absolute atomic E-state index is 0.0345. The predicted octanol–water partition coefficient (Wildman–Crippen LogP) is 1.08. The van der Waals surface area contributed by atoms with Crippen LogP contribution in [0.15, 0.2) is 0 Å². The maximum absolute atomic E-state index is 11.3. The van der Waals surface area contributed by atoms with Gasteiger partial charge in [0, 0.05) is 13.5 Å². The first-order valence-electron chi connectivity index (χ1n) is 5.21. The first-order valence-corrected chi connectivity index (χ1v) is 5.21. The van der Waals surface area contributed by atoms with Crippen LogP contribution in [0.25, 0.3) is 0 Å². The second kappa shape index (κ2) is 2.81. The second-order valence-corrected chi connectivity index (χ2v) is 5.16. The van der Waals surface area contributed by atoms with Gasteiger partial charge in [0.25, 0.3) is 0 Å². The van der Waals surface area contributed by atoms with Gasteiger partial charge in [-0.2, -0.15) is 0 Å². The van der Waals surface area contributed by atoms with Gasteiger partial charge in [-0.1, -0.05) is 13.8 Å². The van der Waals surface area contributed by atoms with E-state index >= 15 is 0 Å². The van der Waals surface area contributed by atoms with Crippen LogP contribution in [0.2, 0.25) is 0 Å². The summed E-state index contributed by atoms with van der Waals surface area (Å²) in [5.41, 5.74) is 0.248. The smallest absolute Gasteiger partial charge is 0.220 e. The van der Waals surface area contributed by atoms with Crippen molar-refractivity contribution in [3.8, 4) is 0 Å². The van der Waals surface area contributed by atoms with Crippen molar-refractivity contribution in [3.05, 3.63) is 0 Å². The fraction of sp³-hybridized carbons (Fsp3) is 0.818. The van der Waals surface area contributed by atoms with Crippen molar-refractivity contribution in [2.24, 2.45) is 17.3 Å². The molecule has 14 heavy (non-hydrogen) atoms. The summed E-state index contributed by atoms with van der Waals surface area (Å²) < 4.78 is 0. The summed E-state index contributed by atoms with van der Waals surface area (Å²) in [7, 11) is 0. The summed E-state index contributed by atoms with van der Waals surface area (Å²) in [4.78, 5) is 24.0. The average Bonchev–Trinajstić information content (AvgIpc) is 2.16. The number of aldehydes is 1. The third-order valence-electron chi connectivity index (χ3n) is 4.28. The topological polar surface area (TPSA) is 37.4 Å². The number of hydrogen-bond acceptors (Lipinski definition) is 2. The van der Waals surface area contributed by atoms with Crippen molar-refractivity contribution in [1.29, 1.82) is 0 Å². The quantitative estimate of drug-likeness (QED) is 0.587. The maximum atomic E-state index is 11.3. The maximum Gasteiger partial charge on any atom is 0.220 e. The highest BCUT2D eigenvalue weighted by Crippen LogP contribution is 2.57. The number of hydrogen-bond donors (Lipinski definition) is 0. The molecule has 0 aromatic carbocycles. The van der Waals surface area contributed by atoms with Crippen molar-refractivity contribution in [1.82, 2.24) is 4.90 Å². The molecule has 0 aromatic rings. The van der Waals surface area contributed by atoms with Crippen molar-refractivity contribution in [3.63, 3.8) is 0 Å². The fourth-order valence-corrected chi connectivity index (χ4v) is 3.03. The van der Waals surface area contributed by atoms with E-state index in [0.717, 1.165) is 19.3 Å². The molecule has 2 aliphatic heterocycles. The molecule has 1 amide bonds. The highest BCUT2D eigenvalue weighted by molar-refractivity contribution is 5.78. The summed E-state index contributed by atoms with van der Waals surface area (Å²) in [6.07, 6.45) is 2.06. The Hall–Kier alpha value is -0.860. The Morgan fingerprint density at radius 2 is 2.14 bits per heavy atom. The van der Waals surface area contributed by atoms with Crippen LogP contribution in [0.4, 0.5) is 0 Å². The summed E-state index contributed by atoms with van der Waals surface area (Å²) in [6, 6.07) is -0.174. The zero-order chi connectivity index (χ0) is 10.5. The molecular weight excluding hydrogens is 178 g/mol. The van der Waals surface area contributed by atoms with Crippen LogP contribution in [0, 0.1) is 17.3 Å². The molecule has 78 valence electrons. The van der Waals surface area contributed by atoms with E-state index < -0.39 is 0 Å². The molecule has 3 nitrogen and oxygen atoms in total. The Bertz CT molecular complexity index is 285. The van der Waals surface area contributed by atoms with Gasteiger partial charge in [-0.3, -0.25) is 4.79 Å². The van der Waals surface area contributed by atoms with Crippen molar-refractivity contribution in [2.45, 2.75) is 33.2 Å². The highest BCUT2D eigenvalue weighted by Gasteiger charge is 2.57. The first-order chi connectivity index (χ1) is 6.48. The van der Waals surface area contributed by atoms with Crippen LogP contribution in [-0.4, -0.2) is 29.7 Å². The molecule has 2 heterocycles. The predicted molar refractivity (Wildman–Crippen MR) is 52.6 cm³/mol. The number of carbonyl (C=O) groups is 2. The number of nitrogens with zero attached hydrogens (tertiary/aromatic N) is 1. The molecule has 1 aliphatic carbocycles. The minimum atomic E-state index is -0.174. The number of amides is 1. The van der Waals surface area contributed by atoms with Crippen LogP contribution >= 0.6 is 0 Å². The van der Waals surface area contributed by atoms with Crippen LogP contribution in [-0.2, 0) is 9.59 Å². The molecule has 0 radical (unpaired) electrons. The van der Waals surface area contributed by atoms with E-state index in [1.54, 1.807) is 11.8 Å². The van der Waals surface area contributed by atoms with Crippen LogP contribution < -0.4 is 0 Å². The normalized spacial score (nSPS) is 38.8. The van der Waals surface area contributed by atoms with Gasteiger partial charge in [-0.15, -0.1) is 0 Å². The van der Waals surface area contributed by atoms with E-state index in [0.29, 0.717) is 11.8 Å². The summed E-state index contributed by atoms with van der Waals surface area (Å²) >= 11 is 0. The van der Waals surface area contributed by atoms with E-state index in [-0.39, 0.29) is 17.4 Å². The number of rotatable bonds is 1. The molecule has 1 saturated carbocycles. The van der Waals surface area contributed by atoms with E-state index in [1.165, 1.54) is 0 Å². The highest BCUT2D eigenvalue weighted by atomic mass is 16.2. The van der Waals surface area contributed by atoms with Crippen LogP contribution in [0.1, 0.15) is 27.2 Å². The van der Waals surface area contributed by atoms with E-state index in [9.17, 15) is 9.59 Å². The Labute approximate surface area is 84.5 Å². The van der Waals surface area contributed by atoms with Crippen LogP contribution in [0.5, 0.6) is 0 Å². The van der Waals surface area contributed by atoms with Crippen molar-refractivity contribution >= 4 is 12.2 Å². The largest absolute Gasteiger partial charge is 0.333 e. The van der Waals surface area contributed by atoms with E-state index in [4.69, 9.17) is 0 Å². The summed E-state index contributed by atoms with van der Waals surface area (Å²) in [5, 5.41) is 0. The number of fused-ring (bicyclic) bond motifs is 2. The Kier molecular flexibility index (Phi) is 1.95. The first kappa shape index (κ1) is 9.69. The summed E-state index contributed by atoms with van der Waals surface area (Å²) in [6.45, 7) is 6.73. The van der Waals surface area contributed by atoms with Crippen molar-refractivity contribution in [2.75, 3.05) is 6.54 Å². The van der Waals surface area contributed by atoms with E-state index in [2.05, 4.69) is 13.8 Å². The SMILES string of the molecule is CC(=O)N1CC2CC([C@H]1C=O)C2(C)C. The second-order valence-electron chi connectivity index (χ2n) is 5.16. The zero-order valence-corrected chi connectivity index (χ0v) is 8.99. The molecule has 0 spiro atoms. The lowest BCUT2D eigenvalue weighted by molar-refractivity contribution is -0.168. The van der Waals surface area contributed by atoms with Gasteiger partial charge >= 0.3 is 0 Å². The average molecular weight is 195 g/mol. The lowest BCUT2D eigenvalue weighted by atomic mass is 9.50.